The lowest BCUT2D eigenvalue weighted by molar-refractivity contribution is 0.101. The van der Waals surface area contributed by atoms with Gasteiger partial charge in [-0.15, -0.1) is 12.4 Å². The summed E-state index contributed by atoms with van der Waals surface area (Å²) < 4.78 is 1.95. The molecule has 0 saturated carbocycles. The van der Waals surface area contributed by atoms with Crippen LogP contribution in [-0.4, -0.2) is 36.7 Å². The Hall–Kier alpha value is -1.92. The topological polar surface area (TPSA) is 49.3 Å². The van der Waals surface area contributed by atoms with E-state index in [0.717, 1.165) is 42.8 Å². The number of amides is 1. The van der Waals surface area contributed by atoms with Crippen molar-refractivity contribution in [1.82, 2.24) is 9.88 Å². The summed E-state index contributed by atoms with van der Waals surface area (Å²) in [4.78, 5) is 15.3. The first-order chi connectivity index (χ1) is 13.6. The van der Waals surface area contributed by atoms with E-state index in [0.29, 0.717) is 22.3 Å². The molecule has 3 aromatic rings. The van der Waals surface area contributed by atoms with E-state index in [1.807, 2.05) is 41.8 Å². The molecule has 0 bridgehead atoms. The van der Waals surface area contributed by atoms with Crippen molar-refractivity contribution in [2.45, 2.75) is 13.5 Å². The summed E-state index contributed by atoms with van der Waals surface area (Å²) >= 11 is 12.5. The van der Waals surface area contributed by atoms with Gasteiger partial charge in [0.2, 0.25) is 0 Å². The van der Waals surface area contributed by atoms with Gasteiger partial charge < -0.3 is 20.1 Å². The highest BCUT2D eigenvalue weighted by atomic mass is 35.5. The summed E-state index contributed by atoms with van der Waals surface area (Å²) in [7, 11) is 0. The zero-order valence-electron chi connectivity index (χ0n) is 16.0. The number of aryl methyl sites for hydroxylation is 1. The van der Waals surface area contributed by atoms with Gasteiger partial charge in [-0.25, -0.2) is 0 Å². The molecule has 0 radical (unpaired) electrons. The Labute approximate surface area is 186 Å². The monoisotopic (exact) mass is 452 g/mol. The third kappa shape index (κ3) is 4.33. The summed E-state index contributed by atoms with van der Waals surface area (Å²) in [6, 6.07) is 13.4. The standard InChI is InChI=1S/C21H22Cl2N4O.ClH/c1-2-27-18-8-7-17(22)20(23)16(18)13-19(27)21(28)25-14-3-5-15(6-4-14)26-11-9-24-10-12-26;/h3-8,13,24H,2,9-12H2,1H3,(H,25,28);1H. The fourth-order valence-electron chi connectivity index (χ4n) is 3.68. The number of nitrogens with one attached hydrogen (secondary N) is 2. The maximum atomic E-state index is 12.9. The van der Waals surface area contributed by atoms with E-state index in [2.05, 4.69) is 15.5 Å². The lowest BCUT2D eigenvalue weighted by Gasteiger charge is -2.29. The zero-order valence-corrected chi connectivity index (χ0v) is 18.4. The number of hydrogen-bond donors (Lipinski definition) is 2. The van der Waals surface area contributed by atoms with Crippen molar-refractivity contribution in [1.29, 1.82) is 0 Å². The van der Waals surface area contributed by atoms with Crippen LogP contribution in [0.5, 0.6) is 0 Å². The van der Waals surface area contributed by atoms with E-state index in [1.54, 1.807) is 12.1 Å². The first-order valence-corrected chi connectivity index (χ1v) is 10.2. The van der Waals surface area contributed by atoms with Crippen LogP contribution in [0.4, 0.5) is 11.4 Å². The van der Waals surface area contributed by atoms with Crippen molar-refractivity contribution in [2.75, 3.05) is 36.4 Å². The molecule has 8 heteroatoms. The minimum absolute atomic E-state index is 0. The minimum atomic E-state index is -0.167. The summed E-state index contributed by atoms with van der Waals surface area (Å²) in [5.74, 6) is -0.167. The molecule has 0 atom stereocenters. The van der Waals surface area contributed by atoms with E-state index >= 15 is 0 Å². The molecule has 2 N–H and O–H groups in total. The van der Waals surface area contributed by atoms with Gasteiger partial charge in [-0.05, 0) is 49.4 Å². The van der Waals surface area contributed by atoms with Gasteiger partial charge in [0.15, 0.2) is 0 Å². The lowest BCUT2D eigenvalue weighted by Crippen LogP contribution is -2.43. The highest BCUT2D eigenvalue weighted by Crippen LogP contribution is 2.33. The van der Waals surface area contributed by atoms with Gasteiger partial charge >= 0.3 is 0 Å². The second-order valence-corrected chi connectivity index (χ2v) is 7.59. The molecule has 1 aromatic heterocycles. The van der Waals surface area contributed by atoms with Crippen LogP contribution in [0, 0.1) is 0 Å². The molecule has 1 amide bonds. The number of rotatable bonds is 4. The molecule has 1 saturated heterocycles. The molecule has 4 rings (SSSR count). The Morgan fingerprint density at radius 2 is 1.79 bits per heavy atom. The second kappa shape index (κ2) is 9.26. The van der Waals surface area contributed by atoms with Crippen molar-refractivity contribution in [3.8, 4) is 0 Å². The van der Waals surface area contributed by atoms with Gasteiger partial charge in [-0.1, -0.05) is 23.2 Å². The molecule has 2 heterocycles. The second-order valence-electron chi connectivity index (χ2n) is 6.81. The molecule has 29 heavy (non-hydrogen) atoms. The maximum Gasteiger partial charge on any atom is 0.272 e. The Morgan fingerprint density at radius 1 is 1.10 bits per heavy atom. The number of aromatic nitrogens is 1. The molecule has 1 aliphatic heterocycles. The highest BCUT2D eigenvalue weighted by Gasteiger charge is 2.18. The number of halogens is 3. The number of fused-ring (bicyclic) bond motifs is 1. The van der Waals surface area contributed by atoms with Crippen LogP contribution in [0.3, 0.4) is 0 Å². The smallest absolute Gasteiger partial charge is 0.272 e. The van der Waals surface area contributed by atoms with E-state index in [9.17, 15) is 4.79 Å². The van der Waals surface area contributed by atoms with E-state index in [1.165, 1.54) is 5.69 Å². The number of carbonyl (C=O) groups excluding carboxylic acids is 1. The Morgan fingerprint density at radius 3 is 2.45 bits per heavy atom. The van der Waals surface area contributed by atoms with E-state index in [-0.39, 0.29) is 18.3 Å². The average Bonchev–Trinajstić information content (AvgIpc) is 3.11. The summed E-state index contributed by atoms with van der Waals surface area (Å²) in [5.41, 5.74) is 3.40. The molecular weight excluding hydrogens is 431 g/mol. The maximum absolute atomic E-state index is 12.9. The normalized spacial score (nSPS) is 14.0. The lowest BCUT2D eigenvalue weighted by atomic mass is 10.2. The largest absolute Gasteiger partial charge is 0.369 e. The van der Waals surface area contributed by atoms with Crippen LogP contribution in [0.15, 0.2) is 42.5 Å². The first kappa shape index (κ1) is 21.8. The molecule has 1 fully saturated rings. The van der Waals surface area contributed by atoms with Gasteiger partial charge in [0.25, 0.3) is 5.91 Å². The Kier molecular flexibility index (Phi) is 6.96. The molecule has 0 unspecified atom stereocenters. The highest BCUT2D eigenvalue weighted by molar-refractivity contribution is 6.45. The van der Waals surface area contributed by atoms with Crippen LogP contribution >= 0.6 is 35.6 Å². The number of piperazine rings is 1. The van der Waals surface area contributed by atoms with Crippen molar-refractivity contribution in [3.05, 3.63) is 58.2 Å². The van der Waals surface area contributed by atoms with Crippen LogP contribution in [-0.2, 0) is 6.54 Å². The van der Waals surface area contributed by atoms with Crippen LogP contribution in [0.1, 0.15) is 17.4 Å². The first-order valence-electron chi connectivity index (χ1n) is 9.43. The third-order valence-electron chi connectivity index (χ3n) is 5.13. The molecule has 5 nitrogen and oxygen atoms in total. The average molecular weight is 454 g/mol. The van der Waals surface area contributed by atoms with Crippen molar-refractivity contribution >= 4 is 63.8 Å². The van der Waals surface area contributed by atoms with Crippen LogP contribution in [0.25, 0.3) is 10.9 Å². The fraction of sp³-hybridized carbons (Fsp3) is 0.286. The van der Waals surface area contributed by atoms with Crippen molar-refractivity contribution < 1.29 is 4.79 Å². The zero-order chi connectivity index (χ0) is 19.7. The summed E-state index contributed by atoms with van der Waals surface area (Å²) in [6.45, 7) is 6.63. The van der Waals surface area contributed by atoms with E-state index < -0.39 is 0 Å². The van der Waals surface area contributed by atoms with Gasteiger partial charge in [0.05, 0.1) is 15.6 Å². The van der Waals surface area contributed by atoms with Crippen molar-refractivity contribution in [3.63, 3.8) is 0 Å². The van der Waals surface area contributed by atoms with Crippen LogP contribution in [0.2, 0.25) is 10.0 Å². The fourth-order valence-corrected chi connectivity index (χ4v) is 4.05. The quantitative estimate of drug-likeness (QED) is 0.581. The molecule has 1 aliphatic rings. The van der Waals surface area contributed by atoms with Crippen LogP contribution < -0.4 is 15.5 Å². The Bertz CT molecular complexity index is 1010. The summed E-state index contributed by atoms with van der Waals surface area (Å²) in [6.07, 6.45) is 0. The molecule has 0 aliphatic carbocycles. The molecule has 154 valence electrons. The predicted molar refractivity (Wildman–Crippen MR) is 124 cm³/mol. The molecular formula is C21H23Cl3N4O. The van der Waals surface area contributed by atoms with Crippen molar-refractivity contribution in [2.24, 2.45) is 0 Å². The molecule has 0 spiro atoms. The van der Waals surface area contributed by atoms with Gasteiger partial charge in [-0.3, -0.25) is 4.79 Å². The number of hydrogen-bond acceptors (Lipinski definition) is 3. The molecule has 2 aromatic carbocycles. The number of nitrogens with zero attached hydrogens (tertiary/aromatic N) is 2. The predicted octanol–water partition coefficient (Wildman–Crippen LogP) is 5.05. The van der Waals surface area contributed by atoms with Gasteiger partial charge in [0, 0.05) is 49.5 Å². The number of anilines is 2. The minimum Gasteiger partial charge on any atom is -0.369 e. The SMILES string of the molecule is CCn1c(C(=O)Nc2ccc(N3CCNCC3)cc2)cc2c(Cl)c(Cl)ccc21.Cl. The number of benzene rings is 2. The number of carbonyl (C=O) groups is 1. The van der Waals surface area contributed by atoms with Gasteiger partial charge in [-0.2, -0.15) is 0 Å². The van der Waals surface area contributed by atoms with Gasteiger partial charge in [0.1, 0.15) is 5.69 Å². The Balaban J connectivity index is 0.00000240. The van der Waals surface area contributed by atoms with E-state index in [4.69, 9.17) is 23.2 Å². The third-order valence-corrected chi connectivity index (χ3v) is 5.95. The summed E-state index contributed by atoms with van der Waals surface area (Å²) in [5, 5.41) is 8.09.